The topological polar surface area (TPSA) is 106 Å². The first-order chi connectivity index (χ1) is 18.4. The van der Waals surface area contributed by atoms with Gasteiger partial charge < -0.3 is 23.5 Å². The molecule has 5 rings (SSSR count). The molecule has 1 fully saturated rings. The summed E-state index contributed by atoms with van der Waals surface area (Å²) in [6.07, 6.45) is 2.83. The zero-order chi connectivity index (χ0) is 26.5. The Hall–Kier alpha value is -3.53. The van der Waals surface area contributed by atoms with Crippen LogP contribution < -0.4 is 9.47 Å². The van der Waals surface area contributed by atoms with Crippen LogP contribution in [0.2, 0.25) is 5.02 Å². The minimum Gasteiger partial charge on any atom is -0.493 e. The van der Waals surface area contributed by atoms with E-state index in [0.717, 1.165) is 23.1 Å². The average Bonchev–Trinajstić information content (AvgIpc) is 3.26. The Morgan fingerprint density at radius 2 is 1.95 bits per heavy atom. The van der Waals surface area contributed by atoms with Gasteiger partial charge in [0.05, 0.1) is 49.4 Å². The quantitative estimate of drug-likeness (QED) is 0.225. The second-order valence-corrected chi connectivity index (χ2v) is 9.63. The third-order valence-corrected chi connectivity index (χ3v) is 6.44. The molecule has 198 valence electrons. The first kappa shape index (κ1) is 26.1. The summed E-state index contributed by atoms with van der Waals surface area (Å²) in [6, 6.07) is 10.8. The molecular weight excluding hydrogens is 510 g/mol. The van der Waals surface area contributed by atoms with Crippen LogP contribution in [0, 0.1) is 13.8 Å². The molecule has 4 aromatic rings. The lowest BCUT2D eigenvalue weighted by atomic mass is 10.1. The van der Waals surface area contributed by atoms with E-state index in [1.54, 1.807) is 31.2 Å². The van der Waals surface area contributed by atoms with Crippen molar-refractivity contribution in [3.8, 4) is 17.4 Å². The first-order valence-corrected chi connectivity index (χ1v) is 12.8. The number of hydrogen-bond acceptors (Lipinski definition) is 9. The van der Waals surface area contributed by atoms with Crippen molar-refractivity contribution in [1.29, 1.82) is 0 Å². The van der Waals surface area contributed by atoms with E-state index >= 15 is 0 Å². The summed E-state index contributed by atoms with van der Waals surface area (Å²) in [5, 5.41) is 5.06. The molecule has 1 aliphatic heterocycles. The number of carbonyl (C=O) groups is 1. The maximum absolute atomic E-state index is 12.5. The molecule has 1 aliphatic rings. The number of carbonyl (C=O) groups excluding carboxylic acids is 1. The first-order valence-electron chi connectivity index (χ1n) is 12.4. The van der Waals surface area contributed by atoms with Crippen LogP contribution in [0.1, 0.15) is 29.0 Å². The average molecular weight is 538 g/mol. The van der Waals surface area contributed by atoms with E-state index in [9.17, 15) is 4.79 Å². The fourth-order valence-corrected chi connectivity index (χ4v) is 4.27. The Morgan fingerprint density at radius 1 is 1.08 bits per heavy atom. The summed E-state index contributed by atoms with van der Waals surface area (Å²) in [4.78, 5) is 21.2. The number of ketones is 1. The molecule has 10 heteroatoms. The van der Waals surface area contributed by atoms with Gasteiger partial charge in [0, 0.05) is 30.0 Å². The van der Waals surface area contributed by atoms with Gasteiger partial charge in [-0.05, 0) is 43.2 Å². The van der Waals surface area contributed by atoms with Crippen molar-refractivity contribution >= 4 is 28.3 Å². The van der Waals surface area contributed by atoms with Crippen LogP contribution in [-0.4, -0.2) is 53.4 Å². The lowest BCUT2D eigenvalue weighted by Gasteiger charge is -2.25. The maximum atomic E-state index is 12.5. The second kappa shape index (κ2) is 11.9. The minimum absolute atomic E-state index is 0.00958. The normalized spacial score (nSPS) is 13.4. The largest absolute Gasteiger partial charge is 0.493 e. The number of rotatable bonds is 12. The van der Waals surface area contributed by atoms with Crippen molar-refractivity contribution in [3.05, 3.63) is 70.3 Å². The van der Waals surface area contributed by atoms with Crippen LogP contribution in [0.25, 0.3) is 10.9 Å². The molecule has 0 saturated carbocycles. The molecule has 0 N–H and O–H groups in total. The Labute approximate surface area is 225 Å². The standard InChI is InChI=1S/C28H28ClN3O6/c1-17-8-24-26(13-27(17)36-7-3-6-35-23-14-34-15-23)30-16-31-28(24)37-22-5-4-19(25(29)12-22)10-21(33)11-20-9-18(2)38-32-20/h4-5,8-9,12-13,16,23H,3,6-7,10-11,14-15H2,1-2H3. The van der Waals surface area contributed by atoms with E-state index in [-0.39, 0.29) is 24.7 Å². The Kier molecular flexibility index (Phi) is 8.17. The summed E-state index contributed by atoms with van der Waals surface area (Å²) >= 11 is 6.48. The molecule has 1 saturated heterocycles. The van der Waals surface area contributed by atoms with Crippen molar-refractivity contribution in [3.63, 3.8) is 0 Å². The summed E-state index contributed by atoms with van der Waals surface area (Å²) in [6.45, 7) is 6.29. The van der Waals surface area contributed by atoms with Gasteiger partial charge in [-0.3, -0.25) is 4.79 Å². The van der Waals surface area contributed by atoms with Gasteiger partial charge in [0.1, 0.15) is 35.5 Å². The molecule has 0 radical (unpaired) electrons. The molecule has 0 aliphatic carbocycles. The van der Waals surface area contributed by atoms with E-state index in [0.29, 0.717) is 65.6 Å². The molecule has 2 aromatic heterocycles. The molecule has 9 nitrogen and oxygen atoms in total. The lowest BCUT2D eigenvalue weighted by Crippen LogP contribution is -2.36. The van der Waals surface area contributed by atoms with Crippen LogP contribution >= 0.6 is 11.6 Å². The predicted octanol–water partition coefficient (Wildman–Crippen LogP) is 5.22. The van der Waals surface area contributed by atoms with Crippen LogP contribution in [-0.2, 0) is 27.1 Å². The summed E-state index contributed by atoms with van der Waals surface area (Å²) in [7, 11) is 0. The Bertz CT molecular complexity index is 1440. The van der Waals surface area contributed by atoms with E-state index in [4.69, 9.17) is 35.1 Å². The van der Waals surface area contributed by atoms with Gasteiger partial charge in [0.25, 0.3) is 0 Å². The Morgan fingerprint density at radius 3 is 2.68 bits per heavy atom. The van der Waals surface area contributed by atoms with Gasteiger partial charge in [-0.25, -0.2) is 9.97 Å². The van der Waals surface area contributed by atoms with Crippen molar-refractivity contribution in [2.45, 2.75) is 39.2 Å². The number of benzene rings is 2. The fourth-order valence-electron chi connectivity index (χ4n) is 4.03. The lowest BCUT2D eigenvalue weighted by molar-refractivity contribution is -0.130. The molecule has 3 heterocycles. The number of fused-ring (bicyclic) bond motifs is 1. The minimum atomic E-state index is -0.00958. The summed E-state index contributed by atoms with van der Waals surface area (Å²) in [5.74, 6) is 2.33. The second-order valence-electron chi connectivity index (χ2n) is 9.22. The van der Waals surface area contributed by atoms with Crippen molar-refractivity contribution in [2.24, 2.45) is 0 Å². The highest BCUT2D eigenvalue weighted by Crippen LogP contribution is 2.33. The predicted molar refractivity (Wildman–Crippen MR) is 140 cm³/mol. The highest BCUT2D eigenvalue weighted by Gasteiger charge is 2.18. The molecule has 38 heavy (non-hydrogen) atoms. The number of nitrogens with zero attached hydrogens (tertiary/aromatic N) is 3. The van der Waals surface area contributed by atoms with Gasteiger partial charge in [-0.2, -0.15) is 0 Å². The van der Waals surface area contributed by atoms with Crippen LogP contribution in [0.4, 0.5) is 0 Å². The molecule has 0 spiro atoms. The molecule has 0 bridgehead atoms. The van der Waals surface area contributed by atoms with E-state index in [2.05, 4.69) is 15.1 Å². The van der Waals surface area contributed by atoms with E-state index in [1.165, 1.54) is 6.33 Å². The summed E-state index contributed by atoms with van der Waals surface area (Å²) < 4.78 is 27.8. The van der Waals surface area contributed by atoms with Gasteiger partial charge >= 0.3 is 0 Å². The van der Waals surface area contributed by atoms with Gasteiger partial charge in [0.15, 0.2) is 0 Å². The monoisotopic (exact) mass is 537 g/mol. The van der Waals surface area contributed by atoms with Crippen LogP contribution in [0.5, 0.6) is 17.4 Å². The van der Waals surface area contributed by atoms with Crippen LogP contribution in [0.3, 0.4) is 0 Å². The van der Waals surface area contributed by atoms with Gasteiger partial charge in [0.2, 0.25) is 5.88 Å². The van der Waals surface area contributed by atoms with Crippen molar-refractivity contribution in [1.82, 2.24) is 15.1 Å². The smallest absolute Gasteiger partial charge is 0.230 e. The van der Waals surface area contributed by atoms with E-state index in [1.807, 2.05) is 19.1 Å². The number of ether oxygens (including phenoxy) is 4. The Balaban J connectivity index is 1.22. The van der Waals surface area contributed by atoms with Crippen molar-refractivity contribution < 1.29 is 28.3 Å². The molecule has 0 atom stereocenters. The molecular formula is C28H28ClN3O6. The fraction of sp³-hybridized carbons (Fsp3) is 0.357. The summed E-state index contributed by atoms with van der Waals surface area (Å²) in [5.41, 5.74) is 2.96. The number of Topliss-reactive ketones (excluding diaryl/α,β-unsaturated/α-hetero) is 1. The number of aromatic nitrogens is 3. The van der Waals surface area contributed by atoms with E-state index < -0.39 is 0 Å². The third kappa shape index (κ3) is 6.48. The van der Waals surface area contributed by atoms with Gasteiger partial charge in [-0.15, -0.1) is 0 Å². The number of aryl methyl sites for hydroxylation is 2. The van der Waals surface area contributed by atoms with Crippen LogP contribution in [0.15, 0.2) is 47.2 Å². The number of halogens is 1. The number of hydrogen-bond donors (Lipinski definition) is 0. The zero-order valence-corrected chi connectivity index (χ0v) is 22.0. The SMILES string of the molecule is Cc1cc(CC(=O)Cc2ccc(Oc3ncnc4cc(OCCCOC5COC5)c(C)cc34)cc2Cl)no1. The highest BCUT2D eigenvalue weighted by atomic mass is 35.5. The zero-order valence-electron chi connectivity index (χ0n) is 21.2. The molecule has 2 aromatic carbocycles. The molecule has 0 unspecified atom stereocenters. The third-order valence-electron chi connectivity index (χ3n) is 6.08. The highest BCUT2D eigenvalue weighted by molar-refractivity contribution is 6.31. The molecule has 0 amide bonds. The van der Waals surface area contributed by atoms with Gasteiger partial charge in [-0.1, -0.05) is 22.8 Å². The van der Waals surface area contributed by atoms with Crippen molar-refractivity contribution in [2.75, 3.05) is 26.4 Å². The maximum Gasteiger partial charge on any atom is 0.230 e.